The first-order valence-corrected chi connectivity index (χ1v) is 9.22. The molecule has 152 valence electrons. The minimum Gasteiger partial charge on any atom is -0.376 e. The summed E-state index contributed by atoms with van der Waals surface area (Å²) in [7, 11) is 1.77. The molecular weight excluding hydrogens is 382 g/mol. The summed E-state index contributed by atoms with van der Waals surface area (Å²) in [5.41, 5.74) is 4.97. The van der Waals surface area contributed by atoms with Crippen molar-refractivity contribution in [1.29, 1.82) is 0 Å². The molecular formula is C22H21N5O3. The summed E-state index contributed by atoms with van der Waals surface area (Å²) in [6.07, 6.45) is 1.37. The van der Waals surface area contributed by atoms with Gasteiger partial charge in [0.1, 0.15) is 5.69 Å². The van der Waals surface area contributed by atoms with Crippen LogP contribution in [0.3, 0.4) is 0 Å². The van der Waals surface area contributed by atoms with Crippen molar-refractivity contribution in [2.24, 2.45) is 5.10 Å². The van der Waals surface area contributed by atoms with Gasteiger partial charge in [-0.3, -0.25) is 14.9 Å². The summed E-state index contributed by atoms with van der Waals surface area (Å²) in [5.74, 6) is -0.329. The first-order valence-electron chi connectivity index (χ1n) is 9.22. The van der Waals surface area contributed by atoms with Crippen LogP contribution in [0.15, 0.2) is 84.0 Å². The molecule has 0 saturated carbocycles. The Morgan fingerprint density at radius 3 is 2.40 bits per heavy atom. The van der Waals surface area contributed by atoms with Gasteiger partial charge >= 0.3 is 0 Å². The van der Waals surface area contributed by atoms with E-state index in [2.05, 4.69) is 15.8 Å². The lowest BCUT2D eigenvalue weighted by molar-refractivity contribution is -0.384. The van der Waals surface area contributed by atoms with Crippen molar-refractivity contribution >= 4 is 34.9 Å². The molecule has 0 heterocycles. The number of amides is 1. The number of nitro benzene ring substituents is 1. The number of hydrogen-bond acceptors (Lipinski definition) is 6. The fourth-order valence-corrected chi connectivity index (χ4v) is 2.80. The second-order valence-electron chi connectivity index (χ2n) is 6.41. The number of carbonyl (C=O) groups excluding carboxylic acids is 1. The molecule has 0 aliphatic heterocycles. The van der Waals surface area contributed by atoms with Crippen molar-refractivity contribution in [3.8, 4) is 0 Å². The highest BCUT2D eigenvalue weighted by molar-refractivity contribution is 5.86. The maximum atomic E-state index is 11.9. The Morgan fingerprint density at radius 1 is 1.07 bits per heavy atom. The Balaban J connectivity index is 1.65. The van der Waals surface area contributed by atoms with Crippen molar-refractivity contribution in [2.45, 2.75) is 0 Å². The van der Waals surface area contributed by atoms with E-state index in [9.17, 15) is 14.9 Å². The number of benzene rings is 3. The number of rotatable bonds is 8. The first kappa shape index (κ1) is 20.5. The topological polar surface area (TPSA) is 99.9 Å². The van der Waals surface area contributed by atoms with Gasteiger partial charge in [0, 0.05) is 30.1 Å². The van der Waals surface area contributed by atoms with Crippen LogP contribution in [0.1, 0.15) is 5.56 Å². The van der Waals surface area contributed by atoms with Crippen molar-refractivity contribution in [2.75, 3.05) is 23.8 Å². The maximum Gasteiger partial charge on any atom is 0.293 e. The van der Waals surface area contributed by atoms with Crippen LogP contribution in [0.25, 0.3) is 0 Å². The van der Waals surface area contributed by atoms with E-state index in [1.807, 2.05) is 60.7 Å². The molecule has 8 heteroatoms. The molecule has 0 aromatic heterocycles. The predicted octanol–water partition coefficient (Wildman–Crippen LogP) is 3.92. The molecule has 0 spiro atoms. The van der Waals surface area contributed by atoms with E-state index in [1.54, 1.807) is 24.1 Å². The van der Waals surface area contributed by atoms with E-state index in [4.69, 9.17) is 0 Å². The van der Waals surface area contributed by atoms with E-state index in [0.717, 1.165) is 11.4 Å². The van der Waals surface area contributed by atoms with Crippen LogP contribution in [-0.4, -0.2) is 30.6 Å². The highest BCUT2D eigenvalue weighted by Gasteiger charge is 2.18. The second-order valence-corrected chi connectivity index (χ2v) is 6.41. The van der Waals surface area contributed by atoms with Gasteiger partial charge in [-0.15, -0.1) is 0 Å². The summed E-state index contributed by atoms with van der Waals surface area (Å²) < 4.78 is 0. The minimum absolute atomic E-state index is 0.0534. The van der Waals surface area contributed by atoms with E-state index in [0.29, 0.717) is 11.3 Å². The van der Waals surface area contributed by atoms with Crippen molar-refractivity contribution in [3.05, 3.63) is 94.5 Å². The lowest BCUT2D eigenvalue weighted by atomic mass is 10.1. The minimum atomic E-state index is -0.436. The van der Waals surface area contributed by atoms with E-state index < -0.39 is 4.92 Å². The average molecular weight is 403 g/mol. The highest BCUT2D eigenvalue weighted by atomic mass is 16.6. The molecule has 0 saturated heterocycles. The maximum absolute atomic E-state index is 11.9. The quantitative estimate of drug-likeness (QED) is 0.337. The number of nitrogens with zero attached hydrogens (tertiary/aromatic N) is 3. The van der Waals surface area contributed by atoms with Gasteiger partial charge in [0.25, 0.3) is 11.6 Å². The fourth-order valence-electron chi connectivity index (χ4n) is 2.80. The van der Waals surface area contributed by atoms with E-state index in [-0.39, 0.29) is 18.1 Å². The molecule has 30 heavy (non-hydrogen) atoms. The third-order valence-corrected chi connectivity index (χ3v) is 4.33. The number of hydrazone groups is 1. The van der Waals surface area contributed by atoms with Crippen LogP contribution in [0.5, 0.6) is 0 Å². The van der Waals surface area contributed by atoms with Gasteiger partial charge in [-0.25, -0.2) is 5.43 Å². The van der Waals surface area contributed by atoms with E-state index >= 15 is 0 Å². The van der Waals surface area contributed by atoms with Gasteiger partial charge in [-0.2, -0.15) is 5.10 Å². The molecule has 0 atom stereocenters. The third kappa shape index (κ3) is 5.41. The molecule has 2 N–H and O–H groups in total. The van der Waals surface area contributed by atoms with E-state index in [1.165, 1.54) is 12.3 Å². The number of para-hydroxylation sites is 2. The Morgan fingerprint density at radius 2 is 1.73 bits per heavy atom. The summed E-state index contributed by atoms with van der Waals surface area (Å²) in [5, 5.41) is 18.4. The molecule has 8 nitrogen and oxygen atoms in total. The lowest BCUT2D eigenvalue weighted by Gasteiger charge is -2.19. The van der Waals surface area contributed by atoms with Crippen LogP contribution in [0.2, 0.25) is 0 Å². The molecule has 1 amide bonds. The smallest absolute Gasteiger partial charge is 0.293 e. The molecule has 3 aromatic carbocycles. The monoisotopic (exact) mass is 403 g/mol. The van der Waals surface area contributed by atoms with Crippen LogP contribution in [-0.2, 0) is 4.79 Å². The molecule has 3 aromatic rings. The fraction of sp³-hybridized carbons (Fsp3) is 0.0909. The Bertz CT molecular complexity index is 1040. The zero-order chi connectivity index (χ0) is 21.3. The predicted molar refractivity (Wildman–Crippen MR) is 118 cm³/mol. The number of anilines is 3. The molecule has 0 aliphatic carbocycles. The van der Waals surface area contributed by atoms with Crippen LogP contribution >= 0.6 is 0 Å². The first-order chi connectivity index (χ1) is 14.5. The van der Waals surface area contributed by atoms with Gasteiger partial charge in [0.15, 0.2) is 0 Å². The zero-order valence-electron chi connectivity index (χ0n) is 16.4. The van der Waals surface area contributed by atoms with Crippen molar-refractivity contribution in [1.82, 2.24) is 5.43 Å². The summed E-state index contributed by atoms with van der Waals surface area (Å²) in [6.45, 7) is 0.0578. The van der Waals surface area contributed by atoms with Crippen molar-refractivity contribution in [3.63, 3.8) is 0 Å². The summed E-state index contributed by atoms with van der Waals surface area (Å²) >= 11 is 0. The number of hydrogen-bond donors (Lipinski definition) is 2. The largest absolute Gasteiger partial charge is 0.376 e. The van der Waals surface area contributed by atoms with Crippen molar-refractivity contribution < 1.29 is 9.72 Å². The van der Waals surface area contributed by atoms with Gasteiger partial charge in [-0.05, 0) is 30.3 Å². The summed E-state index contributed by atoms with van der Waals surface area (Å²) in [6, 6.07) is 23.5. The SMILES string of the molecule is CN(c1ccccc1)c1ccc(/C=N\NC(=O)CNc2ccccc2)cc1[N+](=O)[O-]. The molecule has 0 bridgehead atoms. The standard InChI is InChI=1S/C22H21N5O3/c1-26(19-10-6-3-7-11-19)20-13-12-17(14-21(20)27(29)30)15-24-25-22(28)16-23-18-8-4-2-5-9-18/h2-15,23H,16H2,1H3,(H,25,28)/b24-15-. The third-order valence-electron chi connectivity index (χ3n) is 4.33. The van der Waals surface area contributed by atoms with Crippen LogP contribution < -0.4 is 15.6 Å². The number of nitro groups is 1. The molecule has 0 aliphatic rings. The highest BCUT2D eigenvalue weighted by Crippen LogP contribution is 2.32. The van der Waals surface area contributed by atoms with Gasteiger partial charge < -0.3 is 10.2 Å². The van der Waals surface area contributed by atoms with Crippen LogP contribution in [0.4, 0.5) is 22.7 Å². The lowest BCUT2D eigenvalue weighted by Crippen LogP contribution is -2.25. The molecule has 0 unspecified atom stereocenters. The molecule has 0 radical (unpaired) electrons. The number of nitrogens with one attached hydrogen (secondary N) is 2. The Kier molecular flexibility index (Phi) is 6.73. The van der Waals surface area contributed by atoms with Gasteiger partial charge in [0.05, 0.1) is 17.7 Å². The zero-order valence-corrected chi connectivity index (χ0v) is 16.4. The normalized spacial score (nSPS) is 10.6. The second kappa shape index (κ2) is 9.83. The molecule has 3 rings (SSSR count). The molecule has 0 fully saturated rings. The Hall–Kier alpha value is -4.20. The van der Waals surface area contributed by atoms with Crippen LogP contribution in [0, 0.1) is 10.1 Å². The summed E-state index contributed by atoms with van der Waals surface area (Å²) in [4.78, 5) is 24.8. The Labute approximate surface area is 174 Å². The van der Waals surface area contributed by atoms with Gasteiger partial charge in [-0.1, -0.05) is 42.5 Å². The van der Waals surface area contributed by atoms with Gasteiger partial charge in [0.2, 0.25) is 0 Å². The average Bonchev–Trinajstić information content (AvgIpc) is 2.78. The number of carbonyl (C=O) groups is 1.